The zero-order chi connectivity index (χ0) is 10.9. The molecule has 0 nitrogen and oxygen atoms in total. The van der Waals surface area contributed by atoms with Gasteiger partial charge in [-0.15, -0.1) is 0 Å². The Morgan fingerprint density at radius 2 is 1.81 bits per heavy atom. The normalized spacial score (nSPS) is 56.4. The number of rotatable bonds is 1. The molecule has 3 saturated carbocycles. The van der Waals surface area contributed by atoms with E-state index in [1.54, 1.807) is 25.7 Å². The van der Waals surface area contributed by atoms with Gasteiger partial charge in [-0.2, -0.15) is 0 Å². The SMILES string of the molecule is CC1(C)C2C=CC1C(C1CC3CCC1C3)C2. The Morgan fingerprint density at radius 3 is 2.31 bits per heavy atom. The van der Waals surface area contributed by atoms with E-state index in [-0.39, 0.29) is 0 Å². The summed E-state index contributed by atoms with van der Waals surface area (Å²) >= 11 is 0. The van der Waals surface area contributed by atoms with E-state index in [4.69, 9.17) is 0 Å². The minimum atomic E-state index is 0.590. The first-order valence-corrected chi connectivity index (χ1v) is 7.34. The Balaban J connectivity index is 1.60. The molecule has 4 aliphatic rings. The molecule has 0 aliphatic heterocycles. The van der Waals surface area contributed by atoms with E-state index in [2.05, 4.69) is 26.0 Å². The van der Waals surface area contributed by atoms with Gasteiger partial charge in [0.05, 0.1) is 0 Å². The van der Waals surface area contributed by atoms with E-state index in [9.17, 15) is 0 Å². The van der Waals surface area contributed by atoms with Gasteiger partial charge in [-0.3, -0.25) is 0 Å². The molecular weight excluding hydrogens is 192 g/mol. The van der Waals surface area contributed by atoms with Crippen molar-refractivity contribution in [2.75, 3.05) is 0 Å². The van der Waals surface area contributed by atoms with E-state index < -0.39 is 0 Å². The van der Waals surface area contributed by atoms with Crippen LogP contribution < -0.4 is 0 Å². The summed E-state index contributed by atoms with van der Waals surface area (Å²) in [5, 5.41) is 0. The monoisotopic (exact) mass is 216 g/mol. The highest BCUT2D eigenvalue weighted by Crippen LogP contribution is 2.63. The zero-order valence-corrected chi connectivity index (χ0v) is 10.7. The molecule has 0 aromatic heterocycles. The fourth-order valence-electron chi connectivity index (χ4n) is 5.77. The van der Waals surface area contributed by atoms with Crippen molar-refractivity contribution in [2.24, 2.45) is 40.9 Å². The number of fused-ring (bicyclic) bond motifs is 4. The van der Waals surface area contributed by atoms with Gasteiger partial charge in [0, 0.05) is 0 Å². The summed E-state index contributed by atoms with van der Waals surface area (Å²) < 4.78 is 0. The molecule has 6 unspecified atom stereocenters. The van der Waals surface area contributed by atoms with Crippen LogP contribution in [0.3, 0.4) is 0 Å². The van der Waals surface area contributed by atoms with Crippen molar-refractivity contribution >= 4 is 0 Å². The molecule has 0 aromatic carbocycles. The first kappa shape index (κ1) is 9.74. The molecule has 0 aromatic rings. The van der Waals surface area contributed by atoms with Crippen LogP contribution in [-0.2, 0) is 0 Å². The van der Waals surface area contributed by atoms with Gasteiger partial charge < -0.3 is 0 Å². The molecule has 0 spiro atoms. The Labute approximate surface area is 99.5 Å². The van der Waals surface area contributed by atoms with Crippen LogP contribution in [0.2, 0.25) is 0 Å². The van der Waals surface area contributed by atoms with Gasteiger partial charge in [0.15, 0.2) is 0 Å². The second kappa shape index (κ2) is 2.94. The quantitative estimate of drug-likeness (QED) is 0.574. The molecule has 4 rings (SSSR count). The average molecular weight is 216 g/mol. The summed E-state index contributed by atoms with van der Waals surface area (Å²) in [6, 6.07) is 0. The smallest absolute Gasteiger partial charge is 0.0145 e. The standard InChI is InChI=1S/C16H24/c1-16(2)12-5-6-15(16)14(9-12)13-8-10-3-4-11(13)7-10/h5-6,10-15H,3-4,7-9H2,1-2H3. The number of hydrogen-bond acceptors (Lipinski definition) is 0. The molecule has 0 amide bonds. The van der Waals surface area contributed by atoms with Crippen LogP contribution in [0, 0.1) is 40.9 Å². The Hall–Kier alpha value is -0.260. The van der Waals surface area contributed by atoms with Crippen molar-refractivity contribution in [3.8, 4) is 0 Å². The van der Waals surface area contributed by atoms with Crippen LogP contribution in [0.25, 0.3) is 0 Å². The molecule has 0 saturated heterocycles. The Kier molecular flexibility index (Phi) is 1.79. The van der Waals surface area contributed by atoms with Crippen LogP contribution in [0.5, 0.6) is 0 Å². The lowest BCUT2D eigenvalue weighted by Gasteiger charge is -2.34. The third-order valence-corrected chi connectivity index (χ3v) is 6.70. The minimum absolute atomic E-state index is 0.590. The van der Waals surface area contributed by atoms with Gasteiger partial charge in [0.25, 0.3) is 0 Å². The lowest BCUT2D eigenvalue weighted by atomic mass is 9.71. The molecule has 4 bridgehead atoms. The third-order valence-electron chi connectivity index (χ3n) is 6.70. The largest absolute Gasteiger partial charge is 0.0845 e. The van der Waals surface area contributed by atoms with Crippen LogP contribution in [0.1, 0.15) is 46.0 Å². The maximum absolute atomic E-state index is 2.57. The Morgan fingerprint density at radius 1 is 0.938 bits per heavy atom. The zero-order valence-electron chi connectivity index (χ0n) is 10.7. The highest BCUT2D eigenvalue weighted by Gasteiger charge is 2.55. The van der Waals surface area contributed by atoms with Crippen molar-refractivity contribution < 1.29 is 0 Å². The molecule has 0 N–H and O–H groups in total. The molecule has 0 heterocycles. The molecule has 3 fully saturated rings. The minimum Gasteiger partial charge on any atom is -0.0845 e. The molecule has 6 atom stereocenters. The summed E-state index contributed by atoms with van der Waals surface area (Å²) in [7, 11) is 0. The maximum Gasteiger partial charge on any atom is -0.0145 e. The molecular formula is C16H24. The molecule has 88 valence electrons. The third kappa shape index (κ3) is 1.07. The molecule has 0 heteroatoms. The van der Waals surface area contributed by atoms with E-state index >= 15 is 0 Å². The molecule has 16 heavy (non-hydrogen) atoms. The summed E-state index contributed by atoms with van der Waals surface area (Å²) in [6.45, 7) is 5.02. The second-order valence-electron chi connectivity index (χ2n) is 7.58. The Bertz CT molecular complexity index is 338. The summed E-state index contributed by atoms with van der Waals surface area (Å²) in [5.74, 6) is 6.24. The van der Waals surface area contributed by atoms with Gasteiger partial charge >= 0.3 is 0 Å². The predicted octanol–water partition coefficient (Wildman–Crippen LogP) is 4.27. The van der Waals surface area contributed by atoms with E-state index in [0.717, 1.165) is 35.5 Å². The summed E-state index contributed by atoms with van der Waals surface area (Å²) in [4.78, 5) is 0. The summed E-state index contributed by atoms with van der Waals surface area (Å²) in [5.41, 5.74) is 0.590. The van der Waals surface area contributed by atoms with Crippen molar-refractivity contribution in [1.29, 1.82) is 0 Å². The lowest BCUT2D eigenvalue weighted by molar-refractivity contribution is 0.170. The van der Waals surface area contributed by atoms with Crippen LogP contribution in [0.4, 0.5) is 0 Å². The number of hydrogen-bond donors (Lipinski definition) is 0. The van der Waals surface area contributed by atoms with Gasteiger partial charge in [-0.05, 0) is 66.6 Å². The molecule has 4 aliphatic carbocycles. The van der Waals surface area contributed by atoms with E-state index in [0.29, 0.717) is 5.41 Å². The van der Waals surface area contributed by atoms with Crippen molar-refractivity contribution in [3.63, 3.8) is 0 Å². The van der Waals surface area contributed by atoms with Gasteiger partial charge in [-0.1, -0.05) is 32.4 Å². The van der Waals surface area contributed by atoms with Crippen molar-refractivity contribution in [3.05, 3.63) is 12.2 Å². The predicted molar refractivity (Wildman–Crippen MR) is 66.9 cm³/mol. The highest BCUT2D eigenvalue weighted by molar-refractivity contribution is 5.20. The highest BCUT2D eigenvalue weighted by atomic mass is 14.6. The fraction of sp³-hybridized carbons (Fsp3) is 0.875. The van der Waals surface area contributed by atoms with Crippen LogP contribution in [0.15, 0.2) is 12.2 Å². The first-order valence-electron chi connectivity index (χ1n) is 7.34. The van der Waals surface area contributed by atoms with E-state index in [1.807, 2.05) is 0 Å². The van der Waals surface area contributed by atoms with Gasteiger partial charge in [0.2, 0.25) is 0 Å². The fourth-order valence-corrected chi connectivity index (χ4v) is 5.77. The van der Waals surface area contributed by atoms with Crippen molar-refractivity contribution in [1.82, 2.24) is 0 Å². The first-order chi connectivity index (χ1) is 7.66. The van der Waals surface area contributed by atoms with Crippen molar-refractivity contribution in [2.45, 2.75) is 46.0 Å². The van der Waals surface area contributed by atoms with Crippen LogP contribution in [-0.4, -0.2) is 0 Å². The maximum atomic E-state index is 2.57. The number of allylic oxidation sites excluding steroid dienone is 2. The summed E-state index contributed by atoms with van der Waals surface area (Å²) in [6.07, 6.45) is 12.9. The second-order valence-corrected chi connectivity index (χ2v) is 7.58. The van der Waals surface area contributed by atoms with Crippen LogP contribution >= 0.6 is 0 Å². The van der Waals surface area contributed by atoms with E-state index in [1.165, 1.54) is 6.42 Å². The van der Waals surface area contributed by atoms with Gasteiger partial charge in [0.1, 0.15) is 0 Å². The average Bonchev–Trinajstić information content (AvgIpc) is 2.98. The lowest BCUT2D eigenvalue weighted by Crippen LogP contribution is -2.27. The van der Waals surface area contributed by atoms with Gasteiger partial charge in [-0.25, -0.2) is 0 Å². The topological polar surface area (TPSA) is 0 Å². The molecule has 0 radical (unpaired) electrons.